The van der Waals surface area contributed by atoms with E-state index in [1.54, 1.807) is 18.2 Å². The average molecular weight is 905 g/mol. The monoisotopic (exact) mass is 905 g/mol. The molecule has 4 aliphatic rings. The molecule has 3 atom stereocenters. The molecule has 14 heteroatoms. The Labute approximate surface area is 392 Å². The van der Waals surface area contributed by atoms with Crippen LogP contribution in [0.3, 0.4) is 0 Å². The fourth-order valence-corrected chi connectivity index (χ4v) is 9.74. The quantitative estimate of drug-likeness (QED) is 0.0930. The van der Waals surface area contributed by atoms with Crippen LogP contribution in [0.2, 0.25) is 0 Å². The number of hydrogen-bond donors (Lipinski definition) is 3. The van der Waals surface area contributed by atoms with E-state index in [0.717, 1.165) is 103 Å². The van der Waals surface area contributed by atoms with Gasteiger partial charge in [0, 0.05) is 44.8 Å². The summed E-state index contributed by atoms with van der Waals surface area (Å²) in [5, 5.41) is 16.0. The number of terminal acetylenes is 1. The highest BCUT2D eigenvalue weighted by Gasteiger charge is 2.36. The number of carbonyl (C=O) groups excluding carboxylic acids is 4. The Morgan fingerprint density at radius 1 is 0.697 bits per heavy atom. The summed E-state index contributed by atoms with van der Waals surface area (Å²) in [5.41, 5.74) is 0.827. The number of pyridine rings is 2. The Bertz CT molecular complexity index is 2070. The van der Waals surface area contributed by atoms with Crippen molar-refractivity contribution >= 4 is 29.6 Å². The number of likely N-dealkylation sites (N-methyl/N-ethyl adjacent to an activating group) is 1. The van der Waals surface area contributed by atoms with Gasteiger partial charge in [-0.25, -0.2) is 14.8 Å². The number of carboxylic acids is 1. The molecule has 356 valence electrons. The van der Waals surface area contributed by atoms with E-state index in [0.29, 0.717) is 43.6 Å². The summed E-state index contributed by atoms with van der Waals surface area (Å²) < 4.78 is 0. The predicted octanol–water partition coefficient (Wildman–Crippen LogP) is 7.00. The van der Waals surface area contributed by atoms with Gasteiger partial charge < -0.3 is 35.3 Å². The van der Waals surface area contributed by atoms with Crippen LogP contribution < -0.4 is 10.6 Å². The van der Waals surface area contributed by atoms with Crippen LogP contribution >= 0.6 is 0 Å². The lowest BCUT2D eigenvalue weighted by Gasteiger charge is -2.30. The van der Waals surface area contributed by atoms with Crippen molar-refractivity contribution in [3.05, 3.63) is 83.5 Å². The number of carbonyl (C=O) groups is 5. The zero-order valence-electron chi connectivity index (χ0n) is 39.5. The molecule has 1 aliphatic carbocycles. The predicted molar refractivity (Wildman–Crippen MR) is 259 cm³/mol. The van der Waals surface area contributed by atoms with Gasteiger partial charge in [0.1, 0.15) is 28.8 Å². The van der Waals surface area contributed by atoms with Crippen molar-refractivity contribution in [1.29, 1.82) is 0 Å². The zero-order chi connectivity index (χ0) is 47.4. The van der Waals surface area contributed by atoms with Crippen molar-refractivity contribution in [2.45, 2.75) is 122 Å². The van der Waals surface area contributed by atoms with E-state index in [1.807, 2.05) is 35.0 Å². The summed E-state index contributed by atoms with van der Waals surface area (Å²) in [6.45, 7) is 12.7. The molecule has 2 aromatic rings. The highest BCUT2D eigenvalue weighted by molar-refractivity contribution is 6.01. The number of likely N-dealkylation sites (tertiary alicyclic amines) is 3. The van der Waals surface area contributed by atoms with Crippen molar-refractivity contribution < 1.29 is 29.1 Å². The molecule has 6 rings (SSSR count). The maximum absolute atomic E-state index is 14.6. The molecule has 4 fully saturated rings. The Balaban J connectivity index is 0.00000403. The summed E-state index contributed by atoms with van der Waals surface area (Å²) in [5.74, 6) is -3.13. The maximum Gasteiger partial charge on any atom is 0.326 e. The van der Waals surface area contributed by atoms with Crippen LogP contribution in [0.1, 0.15) is 146 Å². The normalized spacial score (nSPS) is 19.7. The molecule has 14 nitrogen and oxygen atoms in total. The second kappa shape index (κ2) is 26.5. The third kappa shape index (κ3) is 14.2. The van der Waals surface area contributed by atoms with Crippen LogP contribution in [-0.4, -0.2) is 141 Å². The Kier molecular flexibility index (Phi) is 20.6. The molecule has 0 bridgehead atoms. The number of rotatable bonds is 20. The molecule has 2 aromatic heterocycles. The summed E-state index contributed by atoms with van der Waals surface area (Å²) in [7, 11) is 0. The van der Waals surface area contributed by atoms with Crippen molar-refractivity contribution in [2.24, 2.45) is 5.92 Å². The van der Waals surface area contributed by atoms with Gasteiger partial charge in [-0.05, 0) is 139 Å². The first-order valence-corrected chi connectivity index (χ1v) is 24.3. The van der Waals surface area contributed by atoms with Gasteiger partial charge in [-0.15, -0.1) is 12.8 Å². The second-order valence-electron chi connectivity index (χ2n) is 17.7. The Morgan fingerprint density at radius 3 is 1.80 bits per heavy atom. The number of nitrogens with one attached hydrogen (secondary N) is 2. The minimum atomic E-state index is -1.12. The van der Waals surface area contributed by atoms with Crippen LogP contribution in [-0.2, 0) is 4.79 Å². The largest absolute Gasteiger partial charge is 0.480 e. The van der Waals surface area contributed by atoms with E-state index in [4.69, 9.17) is 0 Å². The molecular formula is C52H72N8O6. The van der Waals surface area contributed by atoms with Gasteiger partial charge in [0.25, 0.3) is 23.6 Å². The van der Waals surface area contributed by atoms with E-state index in [-0.39, 0.29) is 59.1 Å². The number of amides is 4. The zero-order valence-corrected chi connectivity index (χ0v) is 39.5. The SMILES string of the molecule is C#C.C/C=C\C/C=C\C/C=C/CNC(=O)c1cc(-c2cc(C(=O)NC(C(=O)O)C3CCCCC3)nc(C(=O)N3CCCC3CN(CC)CC)c2)cc(C(=O)N2CCCC2CN2CCCC2)n1. The van der Waals surface area contributed by atoms with Crippen LogP contribution in [0.25, 0.3) is 11.1 Å². The van der Waals surface area contributed by atoms with Crippen LogP contribution in [0.5, 0.6) is 0 Å². The van der Waals surface area contributed by atoms with E-state index in [9.17, 15) is 29.1 Å². The van der Waals surface area contributed by atoms with Gasteiger partial charge in [0.2, 0.25) is 0 Å². The van der Waals surface area contributed by atoms with Crippen molar-refractivity contribution in [2.75, 3.05) is 58.9 Å². The van der Waals surface area contributed by atoms with E-state index in [2.05, 4.69) is 75.3 Å². The van der Waals surface area contributed by atoms with Gasteiger partial charge in [0.15, 0.2) is 0 Å². The number of carboxylic acid groups (broad SMARTS) is 1. The lowest BCUT2D eigenvalue weighted by Crippen LogP contribution is -2.47. The molecule has 3 N–H and O–H groups in total. The van der Waals surface area contributed by atoms with Crippen molar-refractivity contribution in [3.63, 3.8) is 0 Å². The molecular weight excluding hydrogens is 833 g/mol. The molecule has 66 heavy (non-hydrogen) atoms. The topological polar surface area (TPSA) is 168 Å². The molecule has 0 radical (unpaired) electrons. The minimum absolute atomic E-state index is 0.0158. The van der Waals surface area contributed by atoms with Gasteiger partial charge in [-0.1, -0.05) is 69.6 Å². The maximum atomic E-state index is 14.6. The van der Waals surface area contributed by atoms with E-state index >= 15 is 0 Å². The first-order valence-electron chi connectivity index (χ1n) is 24.3. The van der Waals surface area contributed by atoms with Crippen LogP contribution in [0.15, 0.2) is 60.7 Å². The smallest absolute Gasteiger partial charge is 0.326 e. The number of hydrogen-bond acceptors (Lipinski definition) is 9. The van der Waals surface area contributed by atoms with Gasteiger partial charge in [-0.2, -0.15) is 0 Å². The molecule has 3 saturated heterocycles. The summed E-state index contributed by atoms with van der Waals surface area (Å²) in [6, 6.07) is 5.21. The van der Waals surface area contributed by atoms with Gasteiger partial charge >= 0.3 is 5.97 Å². The third-order valence-corrected chi connectivity index (χ3v) is 13.4. The van der Waals surface area contributed by atoms with Crippen LogP contribution in [0, 0.1) is 18.8 Å². The number of allylic oxidation sites excluding steroid dienone is 5. The fourth-order valence-electron chi connectivity index (χ4n) is 9.74. The summed E-state index contributed by atoms with van der Waals surface area (Å²) in [6.07, 6.45) is 31.5. The Hall–Kier alpha value is -5.65. The Morgan fingerprint density at radius 2 is 1.23 bits per heavy atom. The number of nitrogens with zero attached hydrogens (tertiary/aromatic N) is 6. The first-order chi connectivity index (χ1) is 32.1. The highest BCUT2D eigenvalue weighted by atomic mass is 16.4. The molecule has 0 aromatic carbocycles. The lowest BCUT2D eigenvalue weighted by molar-refractivity contribution is -0.141. The highest BCUT2D eigenvalue weighted by Crippen LogP contribution is 2.30. The van der Waals surface area contributed by atoms with Crippen LogP contribution in [0.4, 0.5) is 0 Å². The summed E-state index contributed by atoms with van der Waals surface area (Å²) >= 11 is 0. The lowest BCUT2D eigenvalue weighted by atomic mass is 9.84. The number of aromatic nitrogens is 2. The summed E-state index contributed by atoms with van der Waals surface area (Å²) in [4.78, 5) is 87.5. The molecule has 1 saturated carbocycles. The average Bonchev–Trinajstić information content (AvgIpc) is 4.16. The first kappa shape index (κ1) is 51.3. The minimum Gasteiger partial charge on any atom is -0.480 e. The van der Waals surface area contributed by atoms with E-state index in [1.165, 1.54) is 6.07 Å². The van der Waals surface area contributed by atoms with E-state index < -0.39 is 23.8 Å². The molecule has 4 amide bonds. The fraction of sp³-hybridized carbons (Fsp3) is 0.558. The van der Waals surface area contributed by atoms with Gasteiger partial charge in [-0.3, -0.25) is 19.2 Å². The molecule has 3 unspecified atom stereocenters. The molecule has 0 spiro atoms. The van der Waals surface area contributed by atoms with Crippen molar-refractivity contribution in [1.82, 2.24) is 40.2 Å². The third-order valence-electron chi connectivity index (χ3n) is 13.4. The number of aliphatic carboxylic acids is 1. The standard InChI is InChI=1S/C50H70N8O6.C2H2/c1-4-7-8-9-10-11-12-16-25-51-46(59)41-30-37(32-43(52-41)48(61)58-29-20-24-40(58)35-56-26-17-18-27-56)38-31-42(47(60)54-45(50(63)64)36-21-14-13-15-22-36)53-44(33-38)49(62)57-28-19-23-39(57)34-55(5-2)6-3;1-2/h4,7,9-10,12,16,30-33,36,39-40,45H,5-6,8,11,13-15,17-29,34-35H2,1-3H3,(H,51,59)(H,54,60)(H,63,64);1-2H/b7-4-,10-9-,16-12+;. The second-order valence-corrected chi connectivity index (χ2v) is 17.7. The molecule has 5 heterocycles. The van der Waals surface area contributed by atoms with Crippen molar-refractivity contribution in [3.8, 4) is 24.0 Å². The molecule has 3 aliphatic heterocycles. The van der Waals surface area contributed by atoms with Gasteiger partial charge in [0.05, 0.1) is 0 Å².